The molecule has 0 bridgehead atoms. The molecular weight excluding hydrogens is 308 g/mol. The molecule has 1 rings (SSSR count). The van der Waals surface area contributed by atoms with E-state index < -0.39 is 16.6 Å². The van der Waals surface area contributed by atoms with Crippen molar-refractivity contribution >= 4 is 22.6 Å². The van der Waals surface area contributed by atoms with Gasteiger partial charge in [0.2, 0.25) is 8.32 Å². The van der Waals surface area contributed by atoms with Gasteiger partial charge in [-0.25, -0.2) is 0 Å². The van der Waals surface area contributed by atoms with E-state index in [4.69, 9.17) is 8.85 Å². The maximum absolute atomic E-state index is 12.6. The SMILES string of the molecule is CC[C@@H](C(=O)O[Si](C)(C)C)[C@H](O[Si](C)(C)C)c1ccccc1. The highest BCUT2D eigenvalue weighted by atomic mass is 28.4. The van der Waals surface area contributed by atoms with Gasteiger partial charge in [-0.3, -0.25) is 4.79 Å². The first-order valence-electron chi connectivity index (χ1n) is 7.99. The molecule has 0 heterocycles. The summed E-state index contributed by atoms with van der Waals surface area (Å²) in [6, 6.07) is 10.0. The van der Waals surface area contributed by atoms with Crippen LogP contribution in [0.2, 0.25) is 39.3 Å². The molecule has 1 aromatic carbocycles. The molecule has 1 aromatic rings. The molecule has 5 heteroatoms. The van der Waals surface area contributed by atoms with Crippen molar-refractivity contribution in [3.8, 4) is 0 Å². The van der Waals surface area contributed by atoms with E-state index in [9.17, 15) is 4.79 Å². The Morgan fingerprint density at radius 3 is 1.95 bits per heavy atom. The first kappa shape index (κ1) is 19.1. The van der Waals surface area contributed by atoms with Crippen LogP contribution in [0.3, 0.4) is 0 Å². The van der Waals surface area contributed by atoms with Crippen molar-refractivity contribution in [3.05, 3.63) is 35.9 Å². The number of hydrogen-bond acceptors (Lipinski definition) is 3. The van der Waals surface area contributed by atoms with Crippen molar-refractivity contribution < 1.29 is 13.6 Å². The molecule has 0 unspecified atom stereocenters. The minimum atomic E-state index is -1.90. The molecule has 22 heavy (non-hydrogen) atoms. The zero-order valence-electron chi connectivity index (χ0n) is 15.0. The number of carbonyl (C=O) groups excluding carboxylic acids is 1. The minimum Gasteiger partial charge on any atom is -0.520 e. The lowest BCUT2D eigenvalue weighted by atomic mass is 9.94. The number of carbonyl (C=O) groups is 1. The Kier molecular flexibility index (Phi) is 6.58. The van der Waals surface area contributed by atoms with Gasteiger partial charge in [0.15, 0.2) is 8.32 Å². The fraction of sp³-hybridized carbons (Fsp3) is 0.588. The zero-order valence-corrected chi connectivity index (χ0v) is 17.0. The number of hydrogen-bond donors (Lipinski definition) is 0. The van der Waals surface area contributed by atoms with E-state index in [0.29, 0.717) is 6.42 Å². The summed E-state index contributed by atoms with van der Waals surface area (Å²) in [7, 11) is -3.68. The van der Waals surface area contributed by atoms with Crippen LogP contribution < -0.4 is 0 Å². The van der Waals surface area contributed by atoms with Crippen LogP contribution in [0.1, 0.15) is 25.0 Å². The maximum Gasteiger partial charge on any atom is 0.298 e. The van der Waals surface area contributed by atoms with Crippen molar-refractivity contribution in [3.63, 3.8) is 0 Å². The molecule has 124 valence electrons. The van der Waals surface area contributed by atoms with E-state index in [1.807, 2.05) is 56.9 Å². The van der Waals surface area contributed by atoms with Crippen LogP contribution in [-0.2, 0) is 13.6 Å². The second-order valence-electron chi connectivity index (χ2n) is 7.61. The number of benzene rings is 1. The van der Waals surface area contributed by atoms with E-state index in [2.05, 4.69) is 19.6 Å². The Bertz CT molecular complexity index is 475. The summed E-state index contributed by atoms with van der Waals surface area (Å²) in [6.07, 6.45) is 0.495. The van der Waals surface area contributed by atoms with E-state index >= 15 is 0 Å². The van der Waals surface area contributed by atoms with E-state index in [-0.39, 0.29) is 18.0 Å². The van der Waals surface area contributed by atoms with Gasteiger partial charge >= 0.3 is 0 Å². The second kappa shape index (κ2) is 7.57. The predicted octanol–water partition coefficient (Wildman–Crippen LogP) is 4.98. The molecule has 0 aromatic heterocycles. The average molecular weight is 339 g/mol. The summed E-state index contributed by atoms with van der Waals surface area (Å²) in [4.78, 5) is 12.6. The van der Waals surface area contributed by atoms with Gasteiger partial charge < -0.3 is 8.85 Å². The largest absolute Gasteiger partial charge is 0.520 e. The molecule has 3 nitrogen and oxygen atoms in total. The molecule has 0 aliphatic carbocycles. The van der Waals surface area contributed by atoms with Gasteiger partial charge in [-0.05, 0) is 51.3 Å². The van der Waals surface area contributed by atoms with Crippen LogP contribution in [0.5, 0.6) is 0 Å². The van der Waals surface area contributed by atoms with Crippen molar-refractivity contribution in [2.45, 2.75) is 58.7 Å². The monoisotopic (exact) mass is 338 g/mol. The third-order valence-electron chi connectivity index (χ3n) is 3.12. The van der Waals surface area contributed by atoms with Crippen LogP contribution >= 0.6 is 0 Å². The zero-order chi connectivity index (χ0) is 17.0. The first-order chi connectivity index (χ1) is 10.0. The summed E-state index contributed by atoms with van der Waals surface area (Å²) in [6.45, 7) is 14.6. The van der Waals surface area contributed by atoms with E-state index in [1.54, 1.807) is 0 Å². The van der Waals surface area contributed by atoms with Crippen LogP contribution in [0, 0.1) is 5.92 Å². The third-order valence-corrected chi connectivity index (χ3v) is 4.90. The lowest BCUT2D eigenvalue weighted by Crippen LogP contribution is -2.38. The molecule has 0 saturated heterocycles. The van der Waals surface area contributed by atoms with Crippen molar-refractivity contribution in [2.24, 2.45) is 5.92 Å². The Balaban J connectivity index is 3.09. The van der Waals surface area contributed by atoms with E-state index in [0.717, 1.165) is 5.56 Å². The summed E-state index contributed by atoms with van der Waals surface area (Å²) in [5.74, 6) is -0.366. The smallest absolute Gasteiger partial charge is 0.298 e. The van der Waals surface area contributed by atoms with Gasteiger partial charge in [0, 0.05) is 0 Å². The Labute approximate surface area is 137 Å². The van der Waals surface area contributed by atoms with E-state index in [1.165, 1.54) is 0 Å². The maximum atomic E-state index is 12.6. The van der Waals surface area contributed by atoms with Gasteiger partial charge in [-0.1, -0.05) is 37.3 Å². The third kappa shape index (κ3) is 6.46. The van der Waals surface area contributed by atoms with Crippen LogP contribution in [0.25, 0.3) is 0 Å². The Hall–Kier alpha value is -0.916. The topological polar surface area (TPSA) is 35.5 Å². The normalized spacial score (nSPS) is 15.2. The first-order valence-corrected chi connectivity index (χ1v) is 14.8. The van der Waals surface area contributed by atoms with Crippen LogP contribution in [0.15, 0.2) is 30.3 Å². The lowest BCUT2D eigenvalue weighted by Gasteiger charge is -2.33. The molecule has 0 radical (unpaired) electrons. The van der Waals surface area contributed by atoms with Gasteiger partial charge in [-0.15, -0.1) is 0 Å². The molecule has 0 amide bonds. The Morgan fingerprint density at radius 1 is 1.00 bits per heavy atom. The molecule has 0 N–H and O–H groups in total. The summed E-state index contributed by atoms with van der Waals surface area (Å²) in [5.41, 5.74) is 1.06. The second-order valence-corrected chi connectivity index (χ2v) is 16.5. The molecule has 2 atom stereocenters. The lowest BCUT2D eigenvalue weighted by molar-refractivity contribution is -0.143. The quantitative estimate of drug-likeness (QED) is 0.657. The highest BCUT2D eigenvalue weighted by Crippen LogP contribution is 2.33. The van der Waals surface area contributed by atoms with Gasteiger partial charge in [0.25, 0.3) is 5.97 Å². The highest BCUT2D eigenvalue weighted by molar-refractivity contribution is 6.71. The van der Waals surface area contributed by atoms with Crippen LogP contribution in [0.4, 0.5) is 0 Å². The summed E-state index contributed by atoms with van der Waals surface area (Å²) < 4.78 is 12.1. The average Bonchev–Trinajstić information content (AvgIpc) is 2.36. The molecule has 0 fully saturated rings. The molecule has 0 saturated carbocycles. The van der Waals surface area contributed by atoms with Gasteiger partial charge in [-0.2, -0.15) is 0 Å². The van der Waals surface area contributed by atoms with Gasteiger partial charge in [0.1, 0.15) is 0 Å². The fourth-order valence-corrected chi connectivity index (χ4v) is 4.10. The minimum absolute atomic E-state index is 0.117. The standard InChI is InChI=1S/C17H30O3Si2/c1-8-15(17(18)20-22(5,6)7)16(19-21(2,3)4)14-12-10-9-11-13-14/h9-13,15-16H,8H2,1-7H3/t15-,16-/m1/s1. The van der Waals surface area contributed by atoms with Gasteiger partial charge in [0.05, 0.1) is 12.0 Å². The molecule has 0 aliphatic rings. The fourth-order valence-electron chi connectivity index (χ4n) is 2.29. The Morgan fingerprint density at radius 2 is 1.55 bits per heavy atom. The van der Waals surface area contributed by atoms with Crippen molar-refractivity contribution in [1.82, 2.24) is 0 Å². The predicted molar refractivity (Wildman–Crippen MR) is 96.8 cm³/mol. The molecule has 0 spiro atoms. The number of rotatable bonds is 7. The van der Waals surface area contributed by atoms with Crippen molar-refractivity contribution in [1.29, 1.82) is 0 Å². The van der Waals surface area contributed by atoms with Crippen LogP contribution in [-0.4, -0.2) is 22.6 Å². The molecule has 0 aliphatic heterocycles. The highest BCUT2D eigenvalue weighted by Gasteiger charge is 2.35. The summed E-state index contributed by atoms with van der Waals surface area (Å²) in [5, 5.41) is 0. The molecular formula is C17H30O3Si2. The summed E-state index contributed by atoms with van der Waals surface area (Å²) >= 11 is 0. The van der Waals surface area contributed by atoms with Crippen molar-refractivity contribution in [2.75, 3.05) is 0 Å².